The highest BCUT2D eigenvalue weighted by atomic mass is 32.2. The van der Waals surface area contributed by atoms with Crippen LogP contribution in [0.5, 0.6) is 0 Å². The highest BCUT2D eigenvalue weighted by molar-refractivity contribution is 7.92. The average Bonchev–Trinajstić information content (AvgIpc) is 2.45. The van der Waals surface area contributed by atoms with Gasteiger partial charge in [0.1, 0.15) is 5.75 Å². The standard InChI is InChI=1S/C15H20O5S/c1-3-4-12-5-7-13(8-6-12)14(16)11-21(18,19)10-9-15(17)20-2/h5-8H,3-4,9-11H2,1-2H3. The summed E-state index contributed by atoms with van der Waals surface area (Å²) in [6, 6.07) is 6.95. The van der Waals surface area contributed by atoms with E-state index in [0.717, 1.165) is 18.4 Å². The third kappa shape index (κ3) is 6.08. The van der Waals surface area contributed by atoms with Gasteiger partial charge in [-0.3, -0.25) is 9.59 Å². The number of sulfone groups is 1. The molecule has 0 aliphatic rings. The lowest BCUT2D eigenvalue weighted by molar-refractivity contribution is -0.140. The van der Waals surface area contributed by atoms with Crippen LogP contribution >= 0.6 is 0 Å². The van der Waals surface area contributed by atoms with Crippen LogP contribution in [0.1, 0.15) is 35.7 Å². The van der Waals surface area contributed by atoms with E-state index in [1.165, 1.54) is 7.11 Å². The highest BCUT2D eigenvalue weighted by Gasteiger charge is 2.19. The van der Waals surface area contributed by atoms with E-state index >= 15 is 0 Å². The predicted molar refractivity (Wildman–Crippen MR) is 80.1 cm³/mol. The number of carbonyl (C=O) groups is 2. The maximum absolute atomic E-state index is 11.9. The fourth-order valence-corrected chi connectivity index (χ4v) is 3.03. The first kappa shape index (κ1) is 17.4. The lowest BCUT2D eigenvalue weighted by Crippen LogP contribution is -2.21. The number of esters is 1. The summed E-state index contributed by atoms with van der Waals surface area (Å²) in [4.78, 5) is 22.9. The van der Waals surface area contributed by atoms with Gasteiger partial charge >= 0.3 is 5.97 Å². The largest absolute Gasteiger partial charge is 0.469 e. The quantitative estimate of drug-likeness (QED) is 0.540. The first-order valence-electron chi connectivity index (χ1n) is 6.77. The van der Waals surface area contributed by atoms with Crippen LogP contribution in [-0.4, -0.2) is 38.8 Å². The van der Waals surface area contributed by atoms with Gasteiger partial charge in [-0.1, -0.05) is 37.6 Å². The molecule has 0 N–H and O–H groups in total. The van der Waals surface area contributed by atoms with Gasteiger partial charge in [-0.2, -0.15) is 0 Å². The van der Waals surface area contributed by atoms with Crippen LogP contribution in [0.3, 0.4) is 0 Å². The van der Waals surface area contributed by atoms with Gasteiger partial charge in [0.15, 0.2) is 15.6 Å². The summed E-state index contributed by atoms with van der Waals surface area (Å²) in [5.41, 5.74) is 1.49. The summed E-state index contributed by atoms with van der Waals surface area (Å²) in [6.45, 7) is 2.06. The molecule has 0 heterocycles. The van der Waals surface area contributed by atoms with Crippen LogP contribution in [-0.2, 0) is 25.8 Å². The van der Waals surface area contributed by atoms with Crippen molar-refractivity contribution in [2.75, 3.05) is 18.6 Å². The second kappa shape index (κ2) is 7.93. The van der Waals surface area contributed by atoms with Crippen molar-refractivity contribution >= 4 is 21.6 Å². The van der Waals surface area contributed by atoms with Crippen LogP contribution in [0.2, 0.25) is 0 Å². The Morgan fingerprint density at radius 2 is 1.76 bits per heavy atom. The Morgan fingerprint density at radius 1 is 1.14 bits per heavy atom. The van der Waals surface area contributed by atoms with E-state index in [9.17, 15) is 18.0 Å². The number of carbonyl (C=O) groups excluding carboxylic acids is 2. The van der Waals surface area contributed by atoms with Gasteiger partial charge in [0, 0.05) is 5.56 Å². The fraction of sp³-hybridized carbons (Fsp3) is 0.467. The summed E-state index contributed by atoms with van der Waals surface area (Å²) in [5, 5.41) is 0. The third-order valence-electron chi connectivity index (χ3n) is 3.01. The molecule has 0 fully saturated rings. The van der Waals surface area contributed by atoms with E-state index in [2.05, 4.69) is 11.7 Å². The van der Waals surface area contributed by atoms with Crippen LogP contribution in [0, 0.1) is 0 Å². The summed E-state index contributed by atoms with van der Waals surface area (Å²) in [7, 11) is -2.41. The van der Waals surface area contributed by atoms with Crippen LogP contribution in [0.4, 0.5) is 0 Å². The van der Waals surface area contributed by atoms with E-state index in [0.29, 0.717) is 5.56 Å². The second-order valence-corrected chi connectivity index (χ2v) is 6.97. The number of hydrogen-bond acceptors (Lipinski definition) is 5. The van der Waals surface area contributed by atoms with E-state index in [1.54, 1.807) is 12.1 Å². The van der Waals surface area contributed by atoms with E-state index in [4.69, 9.17) is 0 Å². The molecule has 0 aliphatic carbocycles. The normalized spacial score (nSPS) is 11.1. The van der Waals surface area contributed by atoms with Crippen LogP contribution in [0.15, 0.2) is 24.3 Å². The first-order chi connectivity index (χ1) is 9.88. The van der Waals surface area contributed by atoms with Gasteiger partial charge < -0.3 is 4.74 Å². The van der Waals surface area contributed by atoms with Gasteiger partial charge in [0.05, 0.1) is 19.3 Å². The van der Waals surface area contributed by atoms with E-state index < -0.39 is 27.3 Å². The van der Waals surface area contributed by atoms with Crippen molar-refractivity contribution in [2.24, 2.45) is 0 Å². The molecular formula is C15H20O5S. The Morgan fingerprint density at radius 3 is 2.29 bits per heavy atom. The molecule has 0 aromatic heterocycles. The molecule has 0 unspecified atom stereocenters. The second-order valence-electron chi connectivity index (χ2n) is 4.79. The number of hydrogen-bond donors (Lipinski definition) is 0. The fourth-order valence-electron chi connectivity index (χ4n) is 1.84. The predicted octanol–water partition coefficient (Wildman–Crippen LogP) is 1.80. The Labute approximate surface area is 125 Å². The molecule has 0 aliphatic heterocycles. The van der Waals surface area contributed by atoms with Gasteiger partial charge in [-0.25, -0.2) is 8.42 Å². The maximum Gasteiger partial charge on any atom is 0.306 e. The van der Waals surface area contributed by atoms with E-state index in [1.807, 2.05) is 12.1 Å². The summed E-state index contributed by atoms with van der Waals surface area (Å²) in [6.07, 6.45) is 1.70. The van der Waals surface area contributed by atoms with Crippen molar-refractivity contribution in [3.8, 4) is 0 Å². The minimum atomic E-state index is -3.60. The molecule has 0 spiro atoms. The number of methoxy groups -OCH3 is 1. The van der Waals surface area contributed by atoms with Gasteiger partial charge in [0.2, 0.25) is 0 Å². The number of rotatable bonds is 8. The molecule has 21 heavy (non-hydrogen) atoms. The summed E-state index contributed by atoms with van der Waals surface area (Å²) < 4.78 is 27.9. The smallest absolute Gasteiger partial charge is 0.306 e. The summed E-state index contributed by atoms with van der Waals surface area (Å²) >= 11 is 0. The van der Waals surface area contributed by atoms with Gasteiger partial charge in [-0.05, 0) is 12.0 Å². The zero-order valence-electron chi connectivity index (χ0n) is 12.3. The van der Waals surface area contributed by atoms with E-state index in [-0.39, 0.29) is 12.2 Å². The van der Waals surface area contributed by atoms with Crippen molar-refractivity contribution in [2.45, 2.75) is 26.2 Å². The highest BCUT2D eigenvalue weighted by Crippen LogP contribution is 2.09. The SMILES string of the molecule is CCCc1ccc(C(=O)CS(=O)(=O)CCC(=O)OC)cc1. The number of aryl methyl sites for hydroxylation is 1. The number of ether oxygens (including phenoxy) is 1. The van der Waals surface area contributed by atoms with Crippen molar-refractivity contribution in [1.29, 1.82) is 0 Å². The Bertz CT molecular complexity index is 587. The molecule has 0 radical (unpaired) electrons. The number of ketones is 1. The zero-order valence-corrected chi connectivity index (χ0v) is 13.1. The molecule has 0 atom stereocenters. The van der Waals surface area contributed by atoms with Gasteiger partial charge in [-0.15, -0.1) is 0 Å². The molecule has 5 nitrogen and oxygen atoms in total. The average molecular weight is 312 g/mol. The lowest BCUT2D eigenvalue weighted by atomic mass is 10.1. The van der Waals surface area contributed by atoms with Crippen LogP contribution in [0.25, 0.3) is 0 Å². The maximum atomic E-state index is 11.9. The zero-order chi connectivity index (χ0) is 15.9. The minimum absolute atomic E-state index is 0.235. The monoisotopic (exact) mass is 312 g/mol. The Kier molecular flexibility index (Phi) is 6.55. The molecule has 0 saturated carbocycles. The first-order valence-corrected chi connectivity index (χ1v) is 8.59. The Balaban J connectivity index is 2.65. The molecular weight excluding hydrogens is 292 g/mol. The van der Waals surface area contributed by atoms with Crippen LogP contribution < -0.4 is 0 Å². The van der Waals surface area contributed by atoms with Crippen molar-refractivity contribution in [1.82, 2.24) is 0 Å². The van der Waals surface area contributed by atoms with Gasteiger partial charge in [0.25, 0.3) is 0 Å². The van der Waals surface area contributed by atoms with Crippen molar-refractivity contribution < 1.29 is 22.7 Å². The molecule has 0 bridgehead atoms. The summed E-state index contributed by atoms with van der Waals surface area (Å²) in [5.74, 6) is -2.02. The minimum Gasteiger partial charge on any atom is -0.469 e. The Hall–Kier alpha value is -1.69. The van der Waals surface area contributed by atoms with Crippen molar-refractivity contribution in [3.63, 3.8) is 0 Å². The molecule has 116 valence electrons. The molecule has 1 aromatic carbocycles. The number of benzene rings is 1. The molecule has 1 aromatic rings. The third-order valence-corrected chi connectivity index (χ3v) is 4.54. The molecule has 0 saturated heterocycles. The number of Topliss-reactive ketones (excluding diaryl/α,β-unsaturated/α-hetero) is 1. The molecule has 1 rings (SSSR count). The molecule has 0 amide bonds. The van der Waals surface area contributed by atoms with Crippen molar-refractivity contribution in [3.05, 3.63) is 35.4 Å². The molecule has 6 heteroatoms. The lowest BCUT2D eigenvalue weighted by Gasteiger charge is -2.05. The topological polar surface area (TPSA) is 77.5 Å².